The van der Waals surface area contributed by atoms with E-state index in [2.05, 4.69) is 16.1 Å². The van der Waals surface area contributed by atoms with Crippen LogP contribution in [-0.2, 0) is 19.1 Å². The first-order chi connectivity index (χ1) is 7.62. The van der Waals surface area contributed by atoms with E-state index in [0.717, 1.165) is 0 Å². The van der Waals surface area contributed by atoms with E-state index in [1.54, 1.807) is 12.2 Å². The smallest absolute Gasteiger partial charge is 0.309 e. The molecule has 0 aliphatic rings. The van der Waals surface area contributed by atoms with E-state index in [-0.39, 0.29) is 11.9 Å². The van der Waals surface area contributed by atoms with Crippen LogP contribution in [0, 0.1) is 0 Å². The molecule has 0 aliphatic carbocycles. The Morgan fingerprint density at radius 2 is 1.75 bits per heavy atom. The Bertz CT molecular complexity index is 231. The summed E-state index contributed by atoms with van der Waals surface area (Å²) in [5.74, 6) is -0.368. The topological polar surface area (TPSA) is 52.6 Å². The van der Waals surface area contributed by atoms with Crippen LogP contribution in [0.2, 0.25) is 0 Å². The zero-order valence-corrected chi connectivity index (χ0v) is 10.2. The highest BCUT2D eigenvalue weighted by Crippen LogP contribution is 1.90. The quantitative estimate of drug-likeness (QED) is 0.535. The Morgan fingerprint density at radius 3 is 2.12 bits per heavy atom. The number of hydrogen-bond donors (Lipinski definition) is 0. The van der Waals surface area contributed by atoms with Gasteiger partial charge in [-0.15, -0.1) is 6.58 Å². The van der Waals surface area contributed by atoms with Gasteiger partial charge in [-0.05, 0) is 13.3 Å². The maximum Gasteiger partial charge on any atom is 0.309 e. The Balaban J connectivity index is 0. The van der Waals surface area contributed by atoms with Crippen LogP contribution in [0.3, 0.4) is 0 Å². The lowest BCUT2D eigenvalue weighted by atomic mass is 10.3. The van der Waals surface area contributed by atoms with Crippen molar-refractivity contribution in [2.75, 3.05) is 14.2 Å². The van der Waals surface area contributed by atoms with Crippen LogP contribution in [0.5, 0.6) is 0 Å². The number of hydrogen-bond acceptors (Lipinski definition) is 4. The molecule has 0 unspecified atom stereocenters. The van der Waals surface area contributed by atoms with Crippen molar-refractivity contribution in [1.29, 1.82) is 0 Å². The average molecular weight is 228 g/mol. The molecule has 0 aromatic carbocycles. The highest BCUT2D eigenvalue weighted by atomic mass is 16.5. The third-order valence-corrected chi connectivity index (χ3v) is 1.53. The van der Waals surface area contributed by atoms with Crippen LogP contribution >= 0.6 is 0 Å². The van der Waals surface area contributed by atoms with Crippen molar-refractivity contribution in [2.24, 2.45) is 0 Å². The second-order valence-electron chi connectivity index (χ2n) is 2.75. The van der Waals surface area contributed by atoms with Crippen molar-refractivity contribution < 1.29 is 19.1 Å². The van der Waals surface area contributed by atoms with Crippen LogP contribution in [0.25, 0.3) is 0 Å². The van der Waals surface area contributed by atoms with E-state index in [9.17, 15) is 9.59 Å². The molecule has 0 aromatic heterocycles. The molecule has 0 heterocycles. The summed E-state index contributed by atoms with van der Waals surface area (Å²) < 4.78 is 8.73. The van der Waals surface area contributed by atoms with Crippen LogP contribution in [0.1, 0.15) is 26.2 Å². The zero-order chi connectivity index (χ0) is 12.8. The van der Waals surface area contributed by atoms with Gasteiger partial charge in [0, 0.05) is 6.42 Å². The van der Waals surface area contributed by atoms with Crippen molar-refractivity contribution in [3.63, 3.8) is 0 Å². The van der Waals surface area contributed by atoms with Crippen molar-refractivity contribution in [3.05, 3.63) is 24.8 Å². The summed E-state index contributed by atoms with van der Waals surface area (Å²) in [5, 5.41) is 0. The average Bonchev–Trinajstić information content (AvgIpc) is 2.33. The second-order valence-corrected chi connectivity index (χ2v) is 2.75. The molecule has 0 radical (unpaired) electrons. The van der Waals surface area contributed by atoms with Gasteiger partial charge in [-0.1, -0.05) is 18.2 Å². The van der Waals surface area contributed by atoms with E-state index in [0.29, 0.717) is 19.3 Å². The first-order valence-corrected chi connectivity index (χ1v) is 4.98. The van der Waals surface area contributed by atoms with Gasteiger partial charge in [0.25, 0.3) is 0 Å². The molecule has 0 fully saturated rings. The van der Waals surface area contributed by atoms with Gasteiger partial charge in [0.05, 0.1) is 20.6 Å². The standard InChI is InChI=1S/2C6H10O2/c2*1-3-4-5-6(7)8-2/h3-4H,5H2,1-2H3;3H,1,4-5H2,2H3. The van der Waals surface area contributed by atoms with E-state index in [1.165, 1.54) is 14.2 Å². The Labute approximate surface area is 96.9 Å². The second kappa shape index (κ2) is 13.4. The Hall–Kier alpha value is -1.58. The number of ether oxygens (including phenoxy) is 2. The molecule has 92 valence electrons. The van der Waals surface area contributed by atoms with Crippen molar-refractivity contribution in [3.8, 4) is 0 Å². The van der Waals surface area contributed by atoms with Crippen LogP contribution in [0.4, 0.5) is 0 Å². The van der Waals surface area contributed by atoms with Crippen LogP contribution < -0.4 is 0 Å². The Morgan fingerprint density at radius 1 is 1.19 bits per heavy atom. The molecule has 0 bridgehead atoms. The van der Waals surface area contributed by atoms with Gasteiger partial charge in [-0.2, -0.15) is 0 Å². The fourth-order valence-corrected chi connectivity index (χ4v) is 0.619. The largest absolute Gasteiger partial charge is 0.469 e. The van der Waals surface area contributed by atoms with Gasteiger partial charge in [0.15, 0.2) is 0 Å². The van der Waals surface area contributed by atoms with Crippen LogP contribution in [-0.4, -0.2) is 26.2 Å². The molecule has 0 amide bonds. The molecule has 16 heavy (non-hydrogen) atoms. The molecule has 0 aromatic rings. The molecule has 0 rings (SSSR count). The lowest BCUT2D eigenvalue weighted by molar-refractivity contribution is -0.141. The van der Waals surface area contributed by atoms with Crippen LogP contribution in [0.15, 0.2) is 24.8 Å². The molecule has 0 saturated heterocycles. The summed E-state index contributed by atoms with van der Waals surface area (Å²) in [7, 11) is 2.76. The minimum absolute atomic E-state index is 0.176. The van der Waals surface area contributed by atoms with E-state index in [4.69, 9.17) is 0 Å². The summed E-state index contributed by atoms with van der Waals surface area (Å²) in [6.45, 7) is 5.32. The summed E-state index contributed by atoms with van der Waals surface area (Å²) in [4.78, 5) is 20.6. The number of esters is 2. The minimum atomic E-state index is -0.192. The maximum absolute atomic E-state index is 10.3. The molecule has 0 aliphatic heterocycles. The Kier molecular flexibility index (Phi) is 14.1. The third kappa shape index (κ3) is 14.9. The summed E-state index contributed by atoms with van der Waals surface area (Å²) in [6.07, 6.45) is 6.79. The third-order valence-electron chi connectivity index (χ3n) is 1.53. The first-order valence-electron chi connectivity index (χ1n) is 4.98. The highest BCUT2D eigenvalue weighted by Gasteiger charge is 1.94. The molecule has 0 atom stereocenters. The molecule has 4 nitrogen and oxygen atoms in total. The summed E-state index contributed by atoms with van der Waals surface area (Å²) in [6, 6.07) is 0. The molecular weight excluding hydrogens is 208 g/mol. The predicted molar refractivity (Wildman–Crippen MR) is 62.9 cm³/mol. The normalized spacial score (nSPS) is 8.94. The van der Waals surface area contributed by atoms with Gasteiger partial charge in [0.2, 0.25) is 0 Å². The fraction of sp³-hybridized carbons (Fsp3) is 0.500. The molecule has 0 saturated carbocycles. The summed E-state index contributed by atoms with van der Waals surface area (Å²) in [5.41, 5.74) is 0. The van der Waals surface area contributed by atoms with Gasteiger partial charge in [-0.25, -0.2) is 0 Å². The fourth-order valence-electron chi connectivity index (χ4n) is 0.619. The maximum atomic E-state index is 10.3. The number of carbonyl (C=O) groups is 2. The van der Waals surface area contributed by atoms with Crippen molar-refractivity contribution in [2.45, 2.75) is 26.2 Å². The zero-order valence-electron chi connectivity index (χ0n) is 10.2. The van der Waals surface area contributed by atoms with Crippen molar-refractivity contribution >= 4 is 11.9 Å². The monoisotopic (exact) mass is 228 g/mol. The first kappa shape index (κ1) is 16.8. The number of carbonyl (C=O) groups excluding carboxylic acids is 2. The van der Waals surface area contributed by atoms with Gasteiger partial charge in [-0.3, -0.25) is 9.59 Å². The van der Waals surface area contributed by atoms with E-state index >= 15 is 0 Å². The SMILES string of the molecule is C=CCCC(=O)OC.CC=CCC(=O)OC. The molecule has 0 spiro atoms. The van der Waals surface area contributed by atoms with Gasteiger partial charge < -0.3 is 9.47 Å². The number of allylic oxidation sites excluding steroid dienone is 2. The summed E-state index contributed by atoms with van der Waals surface area (Å²) >= 11 is 0. The number of methoxy groups -OCH3 is 2. The molecular formula is C12H20O4. The minimum Gasteiger partial charge on any atom is -0.469 e. The lowest BCUT2D eigenvalue weighted by Gasteiger charge is -1.91. The van der Waals surface area contributed by atoms with Crippen molar-refractivity contribution in [1.82, 2.24) is 0 Å². The van der Waals surface area contributed by atoms with E-state index < -0.39 is 0 Å². The number of rotatable bonds is 5. The van der Waals surface area contributed by atoms with Gasteiger partial charge in [0.1, 0.15) is 0 Å². The lowest BCUT2D eigenvalue weighted by Crippen LogP contribution is -1.97. The van der Waals surface area contributed by atoms with Gasteiger partial charge >= 0.3 is 11.9 Å². The molecule has 0 N–H and O–H groups in total. The predicted octanol–water partition coefficient (Wildman–Crippen LogP) is 2.25. The highest BCUT2D eigenvalue weighted by molar-refractivity contribution is 5.70. The molecule has 4 heteroatoms. The van der Waals surface area contributed by atoms with E-state index in [1.807, 2.05) is 13.0 Å².